The number of sulfonamides is 2. The molecule has 2 rings (SSSR count). The minimum Gasteiger partial charge on any atom is -0.322 e. The molecule has 0 aliphatic heterocycles. The van der Waals surface area contributed by atoms with Gasteiger partial charge in [-0.25, -0.2) is 26.3 Å². The summed E-state index contributed by atoms with van der Waals surface area (Å²) < 4.78 is 48.0. The van der Waals surface area contributed by atoms with Crippen LogP contribution in [-0.2, 0) is 25.8 Å². The van der Waals surface area contributed by atoms with Gasteiger partial charge < -0.3 is 5.32 Å². The summed E-state index contributed by atoms with van der Waals surface area (Å²) in [6.07, 6.45) is 0. The highest BCUT2D eigenvalue weighted by Gasteiger charge is 2.22. The molecule has 0 aliphatic carbocycles. The Bertz CT molecular complexity index is 1080. The molecular formula is C16H18ClN3O5S2. The molecule has 0 aliphatic rings. The van der Waals surface area contributed by atoms with E-state index in [0.29, 0.717) is 11.3 Å². The molecule has 0 spiro atoms. The van der Waals surface area contributed by atoms with Crippen LogP contribution in [0.4, 0.5) is 5.69 Å². The second kappa shape index (κ2) is 7.95. The lowest BCUT2D eigenvalue weighted by atomic mass is 10.2. The number of nitrogens with zero attached hydrogens (tertiary/aromatic N) is 1. The molecule has 11 heteroatoms. The van der Waals surface area contributed by atoms with Crippen LogP contribution in [0.2, 0.25) is 5.02 Å². The maximum Gasteiger partial charge on any atom is 0.255 e. The minimum atomic E-state index is -3.82. The van der Waals surface area contributed by atoms with Crippen molar-refractivity contribution in [2.45, 2.75) is 10.6 Å². The molecule has 0 heterocycles. The van der Waals surface area contributed by atoms with E-state index in [4.69, 9.17) is 16.7 Å². The van der Waals surface area contributed by atoms with Crippen LogP contribution >= 0.6 is 11.6 Å². The number of amides is 1. The summed E-state index contributed by atoms with van der Waals surface area (Å²) in [4.78, 5) is 12.3. The summed E-state index contributed by atoms with van der Waals surface area (Å²) in [5, 5.41) is 7.60. The molecule has 0 unspecified atom stereocenters. The van der Waals surface area contributed by atoms with Crippen LogP contribution in [-0.4, -0.2) is 41.1 Å². The number of primary sulfonamides is 1. The first-order valence-electron chi connectivity index (χ1n) is 7.53. The van der Waals surface area contributed by atoms with Crippen molar-refractivity contribution in [3.63, 3.8) is 0 Å². The van der Waals surface area contributed by atoms with E-state index in [1.165, 1.54) is 38.4 Å². The largest absolute Gasteiger partial charge is 0.322 e. The van der Waals surface area contributed by atoms with Crippen LogP contribution in [0, 0.1) is 0 Å². The average Bonchev–Trinajstić information content (AvgIpc) is 2.53. The van der Waals surface area contributed by atoms with Crippen LogP contribution < -0.4 is 10.5 Å². The van der Waals surface area contributed by atoms with Crippen LogP contribution in [0.15, 0.2) is 47.4 Å². The predicted octanol–water partition coefficient (Wildman–Crippen LogP) is 1.63. The van der Waals surface area contributed by atoms with Gasteiger partial charge in [-0.1, -0.05) is 23.7 Å². The quantitative estimate of drug-likeness (QED) is 0.718. The first-order chi connectivity index (χ1) is 12.4. The van der Waals surface area contributed by atoms with E-state index in [1.54, 1.807) is 18.2 Å². The standard InChI is InChI=1S/C16H18ClN3O5S2/c1-20(2)27(24,25)15-9-12(6-7-14(15)17)16(21)19-13-5-3-4-11(8-13)10-26(18,22)23/h3-9H,10H2,1-2H3,(H,19,21)(H2,18,22,23). The summed E-state index contributed by atoms with van der Waals surface area (Å²) in [6, 6.07) is 10.1. The van der Waals surface area contributed by atoms with Crippen LogP contribution in [0.1, 0.15) is 15.9 Å². The first-order valence-corrected chi connectivity index (χ1v) is 11.1. The molecule has 3 N–H and O–H groups in total. The number of hydrogen-bond acceptors (Lipinski definition) is 5. The number of hydrogen-bond donors (Lipinski definition) is 2. The molecule has 146 valence electrons. The van der Waals surface area contributed by atoms with Gasteiger partial charge in [0.15, 0.2) is 0 Å². The van der Waals surface area contributed by atoms with E-state index in [0.717, 1.165) is 4.31 Å². The third-order valence-electron chi connectivity index (χ3n) is 3.50. The van der Waals surface area contributed by atoms with Crippen molar-refractivity contribution in [1.29, 1.82) is 0 Å². The monoisotopic (exact) mass is 431 g/mol. The van der Waals surface area contributed by atoms with Gasteiger partial charge in [-0.3, -0.25) is 4.79 Å². The summed E-state index contributed by atoms with van der Waals surface area (Å²) in [5.74, 6) is -0.947. The molecule has 0 atom stereocenters. The molecule has 0 bridgehead atoms. The molecule has 0 radical (unpaired) electrons. The van der Waals surface area contributed by atoms with Crippen molar-refractivity contribution < 1.29 is 21.6 Å². The maximum absolute atomic E-state index is 12.5. The fourth-order valence-corrected chi connectivity index (χ4v) is 4.25. The van der Waals surface area contributed by atoms with Gasteiger partial charge >= 0.3 is 0 Å². The maximum atomic E-state index is 12.5. The normalized spacial score (nSPS) is 12.2. The molecule has 2 aromatic carbocycles. The highest BCUT2D eigenvalue weighted by atomic mass is 35.5. The van der Waals surface area contributed by atoms with Crippen LogP contribution in [0.3, 0.4) is 0 Å². The lowest BCUT2D eigenvalue weighted by Gasteiger charge is -2.14. The third kappa shape index (κ3) is 5.50. The predicted molar refractivity (Wildman–Crippen MR) is 104 cm³/mol. The van der Waals surface area contributed by atoms with E-state index in [9.17, 15) is 21.6 Å². The first kappa shape index (κ1) is 21.3. The fraction of sp³-hybridized carbons (Fsp3) is 0.188. The Morgan fingerprint density at radius 3 is 2.37 bits per heavy atom. The van der Waals surface area contributed by atoms with E-state index < -0.39 is 26.0 Å². The lowest BCUT2D eigenvalue weighted by molar-refractivity contribution is 0.102. The Morgan fingerprint density at radius 1 is 1.11 bits per heavy atom. The Balaban J connectivity index is 2.31. The van der Waals surface area contributed by atoms with E-state index in [1.807, 2.05) is 0 Å². The second-order valence-corrected chi connectivity index (χ2v) is 10.0. The third-order valence-corrected chi connectivity index (χ3v) is 6.54. The van der Waals surface area contributed by atoms with E-state index in [2.05, 4.69) is 5.32 Å². The summed E-state index contributed by atoms with van der Waals surface area (Å²) in [7, 11) is -4.82. The molecule has 1 amide bonds. The zero-order valence-electron chi connectivity index (χ0n) is 14.5. The van der Waals surface area contributed by atoms with Gasteiger partial charge in [0.1, 0.15) is 4.90 Å². The molecule has 0 aromatic heterocycles. The number of carbonyl (C=O) groups excluding carboxylic acids is 1. The summed E-state index contributed by atoms with van der Waals surface area (Å²) in [6.45, 7) is 0. The Hall–Kier alpha value is -1.98. The van der Waals surface area contributed by atoms with E-state index in [-0.39, 0.29) is 21.2 Å². The topological polar surface area (TPSA) is 127 Å². The van der Waals surface area contributed by atoms with Gasteiger partial charge in [0.25, 0.3) is 5.91 Å². The number of nitrogens with one attached hydrogen (secondary N) is 1. The molecule has 8 nitrogen and oxygen atoms in total. The average molecular weight is 432 g/mol. The second-order valence-electron chi connectivity index (χ2n) is 5.89. The number of nitrogens with two attached hydrogens (primary N) is 1. The van der Waals surface area contributed by atoms with Gasteiger partial charge in [0.05, 0.1) is 10.8 Å². The van der Waals surface area contributed by atoms with Crippen LogP contribution in [0.5, 0.6) is 0 Å². The molecule has 0 saturated carbocycles. The molecule has 0 fully saturated rings. The van der Waals surface area contributed by atoms with Crippen molar-refractivity contribution in [1.82, 2.24) is 4.31 Å². The Morgan fingerprint density at radius 2 is 1.78 bits per heavy atom. The fourth-order valence-electron chi connectivity index (χ4n) is 2.21. The van der Waals surface area contributed by atoms with Crippen LogP contribution in [0.25, 0.3) is 0 Å². The van der Waals surface area contributed by atoms with Crippen molar-refractivity contribution in [2.24, 2.45) is 5.14 Å². The van der Waals surface area contributed by atoms with Gasteiger partial charge in [-0.15, -0.1) is 0 Å². The summed E-state index contributed by atoms with van der Waals surface area (Å²) >= 11 is 5.97. The molecule has 2 aromatic rings. The van der Waals surface area contributed by atoms with E-state index >= 15 is 0 Å². The lowest BCUT2D eigenvalue weighted by Crippen LogP contribution is -2.23. The zero-order chi connectivity index (χ0) is 20.4. The molecule has 0 saturated heterocycles. The van der Waals surface area contributed by atoms with Gasteiger partial charge in [0, 0.05) is 25.3 Å². The molecular weight excluding hydrogens is 414 g/mol. The number of anilines is 1. The van der Waals surface area contributed by atoms with Crippen molar-refractivity contribution >= 4 is 43.2 Å². The molecule has 27 heavy (non-hydrogen) atoms. The van der Waals surface area contributed by atoms with Crippen molar-refractivity contribution in [2.75, 3.05) is 19.4 Å². The number of halogens is 1. The van der Waals surface area contributed by atoms with Gasteiger partial charge in [-0.05, 0) is 35.9 Å². The minimum absolute atomic E-state index is 0.00426. The van der Waals surface area contributed by atoms with Crippen molar-refractivity contribution in [3.8, 4) is 0 Å². The highest BCUT2D eigenvalue weighted by Crippen LogP contribution is 2.25. The number of rotatable bonds is 6. The zero-order valence-corrected chi connectivity index (χ0v) is 16.9. The smallest absolute Gasteiger partial charge is 0.255 e. The highest BCUT2D eigenvalue weighted by molar-refractivity contribution is 7.89. The Kier molecular flexibility index (Phi) is 6.28. The number of carbonyl (C=O) groups is 1. The Labute approximate surface area is 163 Å². The summed E-state index contributed by atoms with van der Waals surface area (Å²) in [5.41, 5.74) is 0.826. The van der Waals surface area contributed by atoms with Crippen molar-refractivity contribution in [3.05, 3.63) is 58.6 Å². The SMILES string of the molecule is CN(C)S(=O)(=O)c1cc(C(=O)Nc2cccc(CS(N)(=O)=O)c2)ccc1Cl. The van der Waals surface area contributed by atoms with Gasteiger partial charge in [0.2, 0.25) is 20.0 Å². The number of benzene rings is 2. The van der Waals surface area contributed by atoms with Gasteiger partial charge in [-0.2, -0.15) is 0 Å².